The predicted octanol–water partition coefficient (Wildman–Crippen LogP) is 2.03. The smallest absolute Gasteiger partial charge is 0.252 e. The van der Waals surface area contributed by atoms with E-state index < -0.39 is 10.0 Å². The molecule has 0 N–H and O–H groups in total. The van der Waals surface area contributed by atoms with Crippen LogP contribution >= 0.6 is 11.3 Å². The molecule has 0 saturated carbocycles. The Hall–Kier alpha value is -0.430. The largest absolute Gasteiger partial charge is 0.305 e. The van der Waals surface area contributed by atoms with Crippen LogP contribution in [0.15, 0.2) is 16.3 Å². The number of likely N-dealkylation sites (N-methyl/N-ethyl adjacent to an activating group) is 1. The van der Waals surface area contributed by atoms with E-state index >= 15 is 0 Å². The van der Waals surface area contributed by atoms with E-state index in [1.54, 1.807) is 10.4 Å². The molecule has 1 atom stereocenters. The molecule has 6 heteroatoms. The van der Waals surface area contributed by atoms with Gasteiger partial charge in [-0.1, -0.05) is 6.92 Å². The summed E-state index contributed by atoms with van der Waals surface area (Å²) in [5.74, 6) is 0. The van der Waals surface area contributed by atoms with Crippen molar-refractivity contribution in [3.8, 4) is 0 Å². The molecular weight excluding hydrogens is 280 g/mol. The first kappa shape index (κ1) is 15.0. The fraction of sp³-hybridized carbons (Fsp3) is 0.692. The minimum Gasteiger partial charge on any atom is -0.305 e. The second kappa shape index (κ2) is 5.91. The number of hydrogen-bond donors (Lipinski definition) is 0. The number of thiophene rings is 1. The maximum absolute atomic E-state index is 12.7. The van der Waals surface area contributed by atoms with Crippen molar-refractivity contribution < 1.29 is 8.42 Å². The summed E-state index contributed by atoms with van der Waals surface area (Å²) in [5.41, 5.74) is 0. The van der Waals surface area contributed by atoms with Gasteiger partial charge in [0.2, 0.25) is 0 Å². The van der Waals surface area contributed by atoms with E-state index in [-0.39, 0.29) is 6.04 Å². The fourth-order valence-corrected chi connectivity index (χ4v) is 5.60. The van der Waals surface area contributed by atoms with E-state index in [0.29, 0.717) is 10.8 Å². The molecule has 1 saturated heterocycles. The zero-order valence-electron chi connectivity index (χ0n) is 11.8. The predicted molar refractivity (Wildman–Crippen MR) is 79.2 cm³/mol. The van der Waals surface area contributed by atoms with Crippen LogP contribution in [0.25, 0.3) is 0 Å². The van der Waals surface area contributed by atoms with Crippen LogP contribution in [0.3, 0.4) is 0 Å². The molecule has 0 aromatic carbocycles. The van der Waals surface area contributed by atoms with Crippen LogP contribution < -0.4 is 0 Å². The van der Waals surface area contributed by atoms with Gasteiger partial charge < -0.3 is 4.90 Å². The maximum atomic E-state index is 12.7. The molecular formula is C13H22N2O2S2. The van der Waals surface area contributed by atoms with Gasteiger partial charge in [0.25, 0.3) is 10.0 Å². The zero-order chi connectivity index (χ0) is 14.0. The average Bonchev–Trinajstić information content (AvgIpc) is 2.76. The molecule has 0 radical (unpaired) electrons. The second-order valence-corrected chi connectivity index (χ2v) is 8.44. The molecule has 2 heterocycles. The van der Waals surface area contributed by atoms with Crippen LogP contribution in [0.4, 0.5) is 0 Å². The summed E-state index contributed by atoms with van der Waals surface area (Å²) < 4.78 is 27.6. The Balaban J connectivity index is 2.27. The van der Waals surface area contributed by atoms with Crippen molar-refractivity contribution in [3.63, 3.8) is 0 Å². The van der Waals surface area contributed by atoms with Crippen molar-refractivity contribution in [1.82, 2.24) is 9.21 Å². The van der Waals surface area contributed by atoms with Gasteiger partial charge in [-0.15, -0.1) is 11.3 Å². The lowest BCUT2D eigenvalue weighted by Gasteiger charge is -2.26. The van der Waals surface area contributed by atoms with E-state index in [2.05, 4.69) is 4.90 Å². The van der Waals surface area contributed by atoms with Gasteiger partial charge in [-0.25, -0.2) is 8.42 Å². The minimum atomic E-state index is -3.32. The number of aryl methyl sites for hydroxylation is 1. The first-order valence-corrected chi connectivity index (χ1v) is 9.00. The summed E-state index contributed by atoms with van der Waals surface area (Å²) in [6.45, 7) is 6.42. The Kier molecular flexibility index (Phi) is 4.66. The third-order valence-corrected chi connectivity index (χ3v) is 7.24. The second-order valence-electron chi connectivity index (χ2n) is 5.15. The van der Waals surface area contributed by atoms with Crippen LogP contribution in [0.5, 0.6) is 0 Å². The molecule has 1 fully saturated rings. The SMILES string of the molecule is CCc1ccc(S(=O)(=O)N2CCCN(C)C[C@@H]2C)s1. The summed E-state index contributed by atoms with van der Waals surface area (Å²) in [6, 6.07) is 3.71. The van der Waals surface area contributed by atoms with Gasteiger partial charge in [0.15, 0.2) is 0 Å². The highest BCUT2D eigenvalue weighted by molar-refractivity contribution is 7.91. The Bertz CT molecular complexity index is 525. The van der Waals surface area contributed by atoms with Gasteiger partial charge in [0.05, 0.1) is 0 Å². The molecule has 0 spiro atoms. The van der Waals surface area contributed by atoms with Crippen molar-refractivity contribution in [3.05, 3.63) is 17.0 Å². The van der Waals surface area contributed by atoms with Gasteiger partial charge in [0.1, 0.15) is 4.21 Å². The molecule has 19 heavy (non-hydrogen) atoms. The molecule has 108 valence electrons. The monoisotopic (exact) mass is 302 g/mol. The molecule has 0 bridgehead atoms. The van der Waals surface area contributed by atoms with Crippen LogP contribution in [-0.4, -0.2) is 50.3 Å². The van der Waals surface area contributed by atoms with Gasteiger partial charge >= 0.3 is 0 Å². The van der Waals surface area contributed by atoms with E-state index in [1.807, 2.05) is 27.0 Å². The normalized spacial score (nSPS) is 23.4. The van der Waals surface area contributed by atoms with Crippen LogP contribution in [0, 0.1) is 0 Å². The van der Waals surface area contributed by atoms with Crippen LogP contribution in [0.2, 0.25) is 0 Å². The van der Waals surface area contributed by atoms with E-state index in [4.69, 9.17) is 0 Å². The van der Waals surface area contributed by atoms with E-state index in [1.165, 1.54) is 11.3 Å². The average molecular weight is 302 g/mol. The number of hydrogen-bond acceptors (Lipinski definition) is 4. The van der Waals surface area contributed by atoms with E-state index in [9.17, 15) is 8.42 Å². The summed E-state index contributed by atoms with van der Waals surface area (Å²) >= 11 is 1.40. The molecule has 1 aromatic rings. The minimum absolute atomic E-state index is 0.0321. The quantitative estimate of drug-likeness (QED) is 0.858. The molecule has 1 aromatic heterocycles. The maximum Gasteiger partial charge on any atom is 0.252 e. The molecule has 2 rings (SSSR count). The first-order chi connectivity index (χ1) is 8.95. The Morgan fingerprint density at radius 2 is 2.11 bits per heavy atom. The van der Waals surface area contributed by atoms with Crippen molar-refractivity contribution in [1.29, 1.82) is 0 Å². The van der Waals surface area contributed by atoms with Crippen molar-refractivity contribution in [2.45, 2.75) is 36.9 Å². The first-order valence-electron chi connectivity index (χ1n) is 6.74. The topological polar surface area (TPSA) is 40.6 Å². The summed E-state index contributed by atoms with van der Waals surface area (Å²) in [6.07, 6.45) is 1.78. The van der Waals surface area contributed by atoms with Gasteiger partial charge in [0, 0.05) is 24.0 Å². The Morgan fingerprint density at radius 1 is 1.37 bits per heavy atom. The highest BCUT2D eigenvalue weighted by Gasteiger charge is 2.32. The van der Waals surface area contributed by atoms with Crippen molar-refractivity contribution >= 4 is 21.4 Å². The Labute approximate surface area is 120 Å². The standard InChI is InChI=1S/C13H22N2O2S2/c1-4-12-6-7-13(18-12)19(16,17)15-9-5-8-14(3)10-11(15)2/h6-7,11H,4-5,8-10H2,1-3H3/t11-/m0/s1. The van der Waals surface area contributed by atoms with Crippen molar-refractivity contribution in [2.75, 3.05) is 26.7 Å². The van der Waals surface area contributed by atoms with Gasteiger partial charge in [-0.05, 0) is 45.5 Å². The number of sulfonamides is 1. The fourth-order valence-electron chi connectivity index (χ4n) is 2.51. The third-order valence-electron chi connectivity index (χ3n) is 3.53. The lowest BCUT2D eigenvalue weighted by atomic mass is 10.3. The summed E-state index contributed by atoms with van der Waals surface area (Å²) in [4.78, 5) is 3.32. The van der Waals surface area contributed by atoms with Crippen LogP contribution in [-0.2, 0) is 16.4 Å². The summed E-state index contributed by atoms with van der Waals surface area (Å²) in [5, 5.41) is 0. The third kappa shape index (κ3) is 3.18. The number of nitrogens with zero attached hydrogens (tertiary/aromatic N) is 2. The zero-order valence-corrected chi connectivity index (χ0v) is 13.4. The van der Waals surface area contributed by atoms with Gasteiger partial charge in [-0.2, -0.15) is 4.31 Å². The molecule has 4 nitrogen and oxygen atoms in total. The number of rotatable bonds is 3. The van der Waals surface area contributed by atoms with E-state index in [0.717, 1.165) is 30.8 Å². The molecule has 0 aliphatic carbocycles. The summed E-state index contributed by atoms with van der Waals surface area (Å²) in [7, 11) is -1.27. The lowest BCUT2D eigenvalue weighted by Crippen LogP contribution is -2.41. The molecule has 1 aliphatic rings. The molecule has 0 amide bonds. The molecule has 0 unspecified atom stereocenters. The van der Waals surface area contributed by atoms with Gasteiger partial charge in [-0.3, -0.25) is 0 Å². The highest BCUT2D eigenvalue weighted by atomic mass is 32.2. The lowest BCUT2D eigenvalue weighted by molar-refractivity contribution is 0.291. The van der Waals surface area contributed by atoms with Crippen molar-refractivity contribution in [2.24, 2.45) is 0 Å². The highest BCUT2D eigenvalue weighted by Crippen LogP contribution is 2.27. The van der Waals surface area contributed by atoms with Crippen LogP contribution in [0.1, 0.15) is 25.1 Å². The molecule has 1 aliphatic heterocycles. The Morgan fingerprint density at radius 3 is 2.74 bits per heavy atom.